The Morgan fingerprint density at radius 3 is 2.37 bits per heavy atom. The first kappa shape index (κ1) is 24.2. The molecule has 6 heteroatoms. The van der Waals surface area contributed by atoms with E-state index < -0.39 is 6.04 Å². The van der Waals surface area contributed by atoms with E-state index in [0.717, 1.165) is 28.7 Å². The molecule has 2 atom stereocenters. The Kier molecular flexibility index (Phi) is 8.75. The van der Waals surface area contributed by atoms with E-state index in [1.807, 2.05) is 45.9 Å². The van der Waals surface area contributed by atoms with Gasteiger partial charge in [0.05, 0.1) is 6.42 Å². The van der Waals surface area contributed by atoms with Crippen molar-refractivity contribution >= 4 is 35.0 Å². The summed E-state index contributed by atoms with van der Waals surface area (Å²) in [4.78, 5) is 27.7. The van der Waals surface area contributed by atoms with Crippen molar-refractivity contribution in [1.29, 1.82) is 0 Å². The lowest BCUT2D eigenvalue weighted by Crippen LogP contribution is -2.50. The second kappa shape index (κ2) is 10.8. The third-order valence-corrected chi connectivity index (χ3v) is 5.96. The molecule has 1 N–H and O–H groups in total. The highest BCUT2D eigenvalue weighted by Crippen LogP contribution is 2.24. The van der Waals surface area contributed by atoms with Crippen molar-refractivity contribution in [2.24, 2.45) is 0 Å². The largest absolute Gasteiger partial charge is 0.352 e. The van der Waals surface area contributed by atoms with Gasteiger partial charge < -0.3 is 10.2 Å². The highest BCUT2D eigenvalue weighted by atomic mass is 35.5. The smallest absolute Gasteiger partial charge is 0.242 e. The number of hydrogen-bond acceptors (Lipinski definition) is 2. The maximum Gasteiger partial charge on any atom is 0.242 e. The summed E-state index contributed by atoms with van der Waals surface area (Å²) in [5, 5.41) is 3.97. The van der Waals surface area contributed by atoms with Gasteiger partial charge in [0.2, 0.25) is 11.8 Å². The van der Waals surface area contributed by atoms with E-state index in [1.165, 1.54) is 0 Å². The number of nitrogens with zero attached hydrogens (tertiary/aromatic N) is 1. The van der Waals surface area contributed by atoms with E-state index in [0.29, 0.717) is 10.0 Å². The number of benzene rings is 2. The Bertz CT molecular complexity index is 914. The molecule has 2 amide bonds. The highest BCUT2D eigenvalue weighted by molar-refractivity contribution is 6.35. The Balaban J connectivity index is 2.32. The lowest BCUT2D eigenvalue weighted by molar-refractivity contribution is -0.140. The second-order valence-corrected chi connectivity index (χ2v) is 8.70. The fourth-order valence-corrected chi connectivity index (χ4v) is 3.61. The predicted octanol–water partition coefficient (Wildman–Crippen LogP) is 5.48. The molecule has 2 aromatic rings. The third kappa shape index (κ3) is 6.48. The van der Waals surface area contributed by atoms with Crippen LogP contribution in [0.3, 0.4) is 0 Å². The van der Waals surface area contributed by atoms with E-state index in [2.05, 4.69) is 5.32 Å². The number of carbonyl (C=O) groups excluding carboxylic acids is 2. The average Bonchev–Trinajstić information content (AvgIpc) is 2.69. The van der Waals surface area contributed by atoms with Gasteiger partial charge in [-0.3, -0.25) is 9.59 Å². The number of nitrogens with one attached hydrogen (secondary N) is 1. The van der Waals surface area contributed by atoms with Gasteiger partial charge in [0.25, 0.3) is 0 Å². The van der Waals surface area contributed by atoms with E-state index in [-0.39, 0.29) is 30.8 Å². The molecular formula is C24H30Cl2N2O2. The summed E-state index contributed by atoms with van der Waals surface area (Å²) in [7, 11) is 0. The number of carbonyl (C=O) groups is 2. The van der Waals surface area contributed by atoms with Crippen LogP contribution in [0.25, 0.3) is 0 Å². The minimum Gasteiger partial charge on any atom is -0.352 e. The number of aryl methyl sites for hydroxylation is 2. The fourth-order valence-electron chi connectivity index (χ4n) is 3.14. The molecule has 0 aliphatic heterocycles. The van der Waals surface area contributed by atoms with E-state index >= 15 is 0 Å². The molecular weight excluding hydrogens is 419 g/mol. The molecule has 0 saturated heterocycles. The number of halogens is 2. The molecule has 30 heavy (non-hydrogen) atoms. The van der Waals surface area contributed by atoms with Gasteiger partial charge in [-0.25, -0.2) is 0 Å². The molecule has 0 aromatic heterocycles. The first-order chi connectivity index (χ1) is 14.1. The molecule has 0 aliphatic carbocycles. The lowest BCUT2D eigenvalue weighted by atomic mass is 10.0. The summed E-state index contributed by atoms with van der Waals surface area (Å²) in [6.45, 7) is 9.93. The van der Waals surface area contributed by atoms with Crippen molar-refractivity contribution in [3.05, 3.63) is 68.7 Å². The van der Waals surface area contributed by atoms with Crippen molar-refractivity contribution in [2.75, 3.05) is 0 Å². The molecule has 0 bridgehead atoms. The van der Waals surface area contributed by atoms with Crippen LogP contribution in [0.2, 0.25) is 10.0 Å². The molecule has 0 fully saturated rings. The van der Waals surface area contributed by atoms with Crippen molar-refractivity contribution in [3.8, 4) is 0 Å². The molecule has 0 aliphatic rings. The zero-order chi connectivity index (χ0) is 22.4. The third-order valence-electron chi connectivity index (χ3n) is 5.37. The van der Waals surface area contributed by atoms with Gasteiger partial charge in [-0.1, -0.05) is 60.0 Å². The molecule has 0 heterocycles. The Morgan fingerprint density at radius 1 is 1.03 bits per heavy atom. The Hall–Kier alpha value is -2.04. The average molecular weight is 449 g/mol. The van der Waals surface area contributed by atoms with Crippen molar-refractivity contribution in [1.82, 2.24) is 10.2 Å². The molecule has 0 radical (unpaired) electrons. The Morgan fingerprint density at radius 2 is 1.73 bits per heavy atom. The van der Waals surface area contributed by atoms with Gasteiger partial charge in [-0.2, -0.15) is 0 Å². The minimum atomic E-state index is -0.636. The molecule has 0 saturated carbocycles. The SMILES string of the molecule is CCC(C)NC(=O)C(C)N(Cc1ccc(Cl)cc1Cl)C(=O)Cc1cc(C)ccc1C. The normalized spacial score (nSPS) is 12.9. The standard InChI is InChI=1S/C24H30Cl2N2O2/c1-6-17(4)27-24(30)18(5)28(14-19-9-10-21(25)13-22(19)26)23(29)12-20-11-15(2)7-8-16(20)3/h7-11,13,17-18H,6,12,14H2,1-5H3,(H,27,30). The van der Waals surface area contributed by atoms with E-state index in [1.54, 1.807) is 30.0 Å². The van der Waals surface area contributed by atoms with Gasteiger partial charge in [-0.15, -0.1) is 0 Å². The van der Waals surface area contributed by atoms with E-state index in [9.17, 15) is 9.59 Å². The van der Waals surface area contributed by atoms with Crippen LogP contribution >= 0.6 is 23.2 Å². The molecule has 4 nitrogen and oxygen atoms in total. The van der Waals surface area contributed by atoms with Crippen molar-refractivity contribution in [3.63, 3.8) is 0 Å². The van der Waals surface area contributed by atoms with Gasteiger partial charge >= 0.3 is 0 Å². The molecule has 162 valence electrons. The van der Waals surface area contributed by atoms with Crippen LogP contribution in [-0.4, -0.2) is 28.8 Å². The van der Waals surface area contributed by atoms with Crippen LogP contribution in [0.5, 0.6) is 0 Å². The van der Waals surface area contributed by atoms with Crippen LogP contribution in [0.4, 0.5) is 0 Å². The summed E-state index contributed by atoms with van der Waals surface area (Å²) in [5.74, 6) is -0.301. The monoisotopic (exact) mass is 448 g/mol. The van der Waals surface area contributed by atoms with Gasteiger partial charge in [-0.05, 0) is 62.9 Å². The van der Waals surface area contributed by atoms with Crippen molar-refractivity contribution in [2.45, 2.75) is 66.1 Å². The lowest BCUT2D eigenvalue weighted by Gasteiger charge is -2.30. The van der Waals surface area contributed by atoms with Gasteiger partial charge in [0.1, 0.15) is 6.04 Å². The van der Waals surface area contributed by atoms with E-state index in [4.69, 9.17) is 23.2 Å². The van der Waals surface area contributed by atoms with Gasteiger partial charge in [0.15, 0.2) is 0 Å². The van der Waals surface area contributed by atoms with Crippen LogP contribution < -0.4 is 5.32 Å². The Labute approximate surface area is 189 Å². The summed E-state index contributed by atoms with van der Waals surface area (Å²) in [5.41, 5.74) is 3.86. The number of rotatable bonds is 8. The number of amides is 2. The maximum absolute atomic E-state index is 13.3. The summed E-state index contributed by atoms with van der Waals surface area (Å²) in [6, 6.07) is 10.6. The molecule has 2 aromatic carbocycles. The molecule has 2 rings (SSSR count). The summed E-state index contributed by atoms with van der Waals surface area (Å²) < 4.78 is 0. The summed E-state index contributed by atoms with van der Waals surface area (Å²) in [6.07, 6.45) is 1.04. The van der Waals surface area contributed by atoms with Crippen LogP contribution in [0, 0.1) is 13.8 Å². The van der Waals surface area contributed by atoms with Crippen LogP contribution in [0.15, 0.2) is 36.4 Å². The zero-order valence-corrected chi connectivity index (χ0v) is 19.8. The molecule has 2 unspecified atom stereocenters. The predicted molar refractivity (Wildman–Crippen MR) is 124 cm³/mol. The molecule has 0 spiro atoms. The number of hydrogen-bond donors (Lipinski definition) is 1. The minimum absolute atomic E-state index is 0.0371. The maximum atomic E-state index is 13.3. The first-order valence-electron chi connectivity index (χ1n) is 10.2. The second-order valence-electron chi connectivity index (χ2n) is 7.86. The quantitative estimate of drug-likeness (QED) is 0.580. The highest BCUT2D eigenvalue weighted by Gasteiger charge is 2.27. The van der Waals surface area contributed by atoms with Gasteiger partial charge in [0, 0.05) is 22.6 Å². The van der Waals surface area contributed by atoms with Crippen LogP contribution in [-0.2, 0) is 22.6 Å². The fraction of sp³-hybridized carbons (Fsp3) is 0.417. The zero-order valence-electron chi connectivity index (χ0n) is 18.3. The van der Waals surface area contributed by atoms with Crippen molar-refractivity contribution < 1.29 is 9.59 Å². The van der Waals surface area contributed by atoms with Crippen LogP contribution in [0.1, 0.15) is 49.4 Å². The summed E-state index contributed by atoms with van der Waals surface area (Å²) >= 11 is 12.4. The topological polar surface area (TPSA) is 49.4 Å². The first-order valence-corrected chi connectivity index (χ1v) is 11.0.